The van der Waals surface area contributed by atoms with Gasteiger partial charge in [0.25, 0.3) is 0 Å². The van der Waals surface area contributed by atoms with E-state index >= 15 is 0 Å². The number of furan rings is 2. The van der Waals surface area contributed by atoms with Gasteiger partial charge < -0.3 is 8.83 Å². The number of para-hydroxylation sites is 2. The molecule has 10 aromatic rings. The zero-order valence-electron chi connectivity index (χ0n) is 26.6. The molecule has 4 aromatic heterocycles. The summed E-state index contributed by atoms with van der Waals surface area (Å²) in [5.41, 5.74) is 9.59. The second-order valence-corrected chi connectivity index (χ2v) is 12.2. The van der Waals surface area contributed by atoms with E-state index in [1.54, 1.807) is 6.20 Å². The highest BCUT2D eigenvalue weighted by Crippen LogP contribution is 2.43. The van der Waals surface area contributed by atoms with Crippen molar-refractivity contribution in [2.45, 2.75) is 0 Å². The zero-order valence-corrected chi connectivity index (χ0v) is 26.6. The van der Waals surface area contributed by atoms with E-state index in [0.29, 0.717) is 28.8 Å². The lowest BCUT2D eigenvalue weighted by Gasteiger charge is -2.14. The van der Waals surface area contributed by atoms with E-state index in [4.69, 9.17) is 23.8 Å². The molecule has 0 aliphatic heterocycles. The summed E-state index contributed by atoms with van der Waals surface area (Å²) in [5, 5.41) is 3.84. The van der Waals surface area contributed by atoms with E-state index in [0.717, 1.165) is 71.7 Å². The SMILES string of the molecule is c1ccc(-c2cccc(-c3ccc4oc5ncccc5c4c3-c3nc(-c4ccccc4)nc(-c4cccc5c4oc4ccccc45)n3)c2)cc1. The Hall–Kier alpha value is -6.92. The van der Waals surface area contributed by atoms with Crippen molar-refractivity contribution in [1.29, 1.82) is 0 Å². The molecule has 50 heavy (non-hydrogen) atoms. The summed E-state index contributed by atoms with van der Waals surface area (Å²) in [7, 11) is 0. The van der Waals surface area contributed by atoms with Crippen molar-refractivity contribution in [3.8, 4) is 56.4 Å². The maximum Gasteiger partial charge on any atom is 0.227 e. The van der Waals surface area contributed by atoms with Gasteiger partial charge in [-0.2, -0.15) is 0 Å². The molecule has 4 heterocycles. The van der Waals surface area contributed by atoms with Crippen molar-refractivity contribution in [2.24, 2.45) is 0 Å². The minimum absolute atomic E-state index is 0.519. The second kappa shape index (κ2) is 11.4. The third kappa shape index (κ3) is 4.58. The molecule has 0 saturated carbocycles. The molecule has 0 N–H and O–H groups in total. The van der Waals surface area contributed by atoms with Crippen molar-refractivity contribution in [3.05, 3.63) is 158 Å². The normalized spacial score (nSPS) is 11.6. The van der Waals surface area contributed by atoms with Crippen LogP contribution in [0.1, 0.15) is 0 Å². The average Bonchev–Trinajstić information content (AvgIpc) is 3.77. The molecular weight excluding hydrogens is 617 g/mol. The van der Waals surface area contributed by atoms with Crippen LogP contribution in [0, 0.1) is 0 Å². The van der Waals surface area contributed by atoms with Crippen molar-refractivity contribution >= 4 is 44.0 Å². The molecule has 6 heteroatoms. The topological polar surface area (TPSA) is 77.8 Å². The van der Waals surface area contributed by atoms with E-state index in [2.05, 4.69) is 71.7 Å². The van der Waals surface area contributed by atoms with Crippen molar-refractivity contribution < 1.29 is 8.83 Å². The van der Waals surface area contributed by atoms with Crippen LogP contribution in [0.25, 0.3) is 100 Å². The van der Waals surface area contributed by atoms with Gasteiger partial charge in [-0.05, 0) is 64.7 Å². The Morgan fingerprint density at radius 3 is 1.96 bits per heavy atom. The van der Waals surface area contributed by atoms with E-state index < -0.39 is 0 Å². The van der Waals surface area contributed by atoms with Crippen molar-refractivity contribution in [1.82, 2.24) is 19.9 Å². The number of rotatable bonds is 5. The van der Waals surface area contributed by atoms with Crippen LogP contribution < -0.4 is 0 Å². The summed E-state index contributed by atoms with van der Waals surface area (Å²) in [6.07, 6.45) is 1.75. The van der Waals surface area contributed by atoms with E-state index in [9.17, 15) is 0 Å². The predicted octanol–water partition coefficient (Wildman–Crippen LogP) is 11.4. The summed E-state index contributed by atoms with van der Waals surface area (Å²) < 4.78 is 12.8. The third-order valence-corrected chi connectivity index (χ3v) is 9.23. The molecule has 0 spiro atoms. The Morgan fingerprint density at radius 2 is 1.08 bits per heavy atom. The Morgan fingerprint density at radius 1 is 0.400 bits per heavy atom. The number of aromatic nitrogens is 4. The number of hydrogen-bond acceptors (Lipinski definition) is 6. The predicted molar refractivity (Wildman–Crippen MR) is 199 cm³/mol. The van der Waals surface area contributed by atoms with Gasteiger partial charge in [-0.3, -0.25) is 0 Å². The van der Waals surface area contributed by atoms with E-state index in [1.807, 2.05) is 84.9 Å². The summed E-state index contributed by atoms with van der Waals surface area (Å²) in [6.45, 7) is 0. The molecule has 0 fully saturated rings. The van der Waals surface area contributed by atoms with Crippen LogP contribution in [-0.2, 0) is 0 Å². The largest absolute Gasteiger partial charge is 0.455 e. The molecule has 0 unspecified atom stereocenters. The summed E-state index contributed by atoms with van der Waals surface area (Å²) >= 11 is 0. The van der Waals surface area contributed by atoms with Crippen molar-refractivity contribution in [2.75, 3.05) is 0 Å². The molecule has 0 atom stereocenters. The lowest BCUT2D eigenvalue weighted by molar-refractivity contribution is 0.654. The number of nitrogens with zero attached hydrogens (tertiary/aromatic N) is 4. The second-order valence-electron chi connectivity index (χ2n) is 12.2. The van der Waals surface area contributed by atoms with Gasteiger partial charge in [-0.1, -0.05) is 109 Å². The van der Waals surface area contributed by atoms with Gasteiger partial charge >= 0.3 is 0 Å². The van der Waals surface area contributed by atoms with Crippen LogP contribution in [0.4, 0.5) is 0 Å². The Kier molecular flexibility index (Phi) is 6.39. The smallest absolute Gasteiger partial charge is 0.227 e. The summed E-state index contributed by atoms with van der Waals surface area (Å²) in [6, 6.07) is 51.3. The molecule has 0 saturated heterocycles. The highest BCUT2D eigenvalue weighted by atomic mass is 16.3. The van der Waals surface area contributed by atoms with Gasteiger partial charge in [0.1, 0.15) is 16.7 Å². The molecule has 0 amide bonds. The molecule has 6 aromatic carbocycles. The van der Waals surface area contributed by atoms with Crippen LogP contribution >= 0.6 is 0 Å². The van der Waals surface area contributed by atoms with E-state index in [1.165, 1.54) is 0 Å². The number of benzene rings is 6. The lowest BCUT2D eigenvalue weighted by atomic mass is 9.92. The Balaban J connectivity index is 1.29. The van der Waals surface area contributed by atoms with Gasteiger partial charge in [0.15, 0.2) is 17.5 Å². The lowest BCUT2D eigenvalue weighted by Crippen LogP contribution is -2.01. The first-order valence-corrected chi connectivity index (χ1v) is 16.5. The van der Waals surface area contributed by atoms with Gasteiger partial charge in [-0.25, -0.2) is 19.9 Å². The van der Waals surface area contributed by atoms with Crippen LogP contribution in [0.15, 0.2) is 167 Å². The van der Waals surface area contributed by atoms with Gasteiger partial charge in [0.05, 0.1) is 5.56 Å². The molecule has 0 aliphatic rings. The number of hydrogen-bond donors (Lipinski definition) is 0. The first-order valence-electron chi connectivity index (χ1n) is 16.5. The zero-order chi connectivity index (χ0) is 33.0. The molecule has 6 nitrogen and oxygen atoms in total. The fourth-order valence-electron chi connectivity index (χ4n) is 6.92. The number of pyridine rings is 1. The number of fused-ring (bicyclic) bond motifs is 6. The maximum absolute atomic E-state index is 6.47. The molecular formula is C44H26N4O2. The van der Waals surface area contributed by atoms with Crippen LogP contribution in [0.3, 0.4) is 0 Å². The van der Waals surface area contributed by atoms with Crippen LogP contribution in [-0.4, -0.2) is 19.9 Å². The van der Waals surface area contributed by atoms with Gasteiger partial charge in [0.2, 0.25) is 5.71 Å². The summed E-state index contributed by atoms with van der Waals surface area (Å²) in [5.74, 6) is 1.61. The average molecular weight is 643 g/mol. The molecule has 0 radical (unpaired) electrons. The van der Waals surface area contributed by atoms with Crippen LogP contribution in [0.5, 0.6) is 0 Å². The highest BCUT2D eigenvalue weighted by molar-refractivity contribution is 6.15. The molecule has 10 rings (SSSR count). The monoisotopic (exact) mass is 642 g/mol. The first-order chi connectivity index (χ1) is 24.8. The summed E-state index contributed by atoms with van der Waals surface area (Å²) in [4.78, 5) is 20.1. The Bertz CT molecular complexity index is 2880. The minimum Gasteiger partial charge on any atom is -0.455 e. The Labute approximate surface area is 286 Å². The van der Waals surface area contributed by atoms with Crippen molar-refractivity contribution in [3.63, 3.8) is 0 Å². The molecule has 0 bridgehead atoms. The fraction of sp³-hybridized carbons (Fsp3) is 0. The standard InChI is InChI=1S/C44H26N4O2/c1-3-12-27(13-4-1)29-16-9-17-30(26-29)31-23-24-37-38(34-21-11-25-45-44(34)50-37)39(31)43-47-41(28-14-5-2-6-15-28)46-42(48-43)35-20-10-19-33-32-18-7-8-22-36(32)49-40(33)35/h1-26H. The third-order valence-electron chi connectivity index (χ3n) is 9.23. The highest BCUT2D eigenvalue weighted by Gasteiger charge is 2.23. The van der Waals surface area contributed by atoms with E-state index in [-0.39, 0.29) is 0 Å². The maximum atomic E-state index is 6.47. The van der Waals surface area contributed by atoms with Crippen LogP contribution in [0.2, 0.25) is 0 Å². The minimum atomic E-state index is 0.519. The first kappa shape index (κ1) is 28.1. The quantitative estimate of drug-likeness (QED) is 0.186. The molecule has 234 valence electrons. The van der Waals surface area contributed by atoms with Gasteiger partial charge in [-0.15, -0.1) is 0 Å². The molecule has 0 aliphatic carbocycles. The fourth-order valence-corrected chi connectivity index (χ4v) is 6.92. The van der Waals surface area contributed by atoms with Gasteiger partial charge in [0, 0.05) is 38.9 Å².